The number of carbonyl (C=O) groups is 1. The second-order valence-corrected chi connectivity index (χ2v) is 6.43. The third-order valence-corrected chi connectivity index (χ3v) is 4.25. The van der Waals surface area contributed by atoms with E-state index in [9.17, 15) is 13.2 Å². The van der Waals surface area contributed by atoms with E-state index < -0.39 is 10.0 Å². The Morgan fingerprint density at radius 2 is 1.89 bits per heavy atom. The van der Waals surface area contributed by atoms with Crippen LogP contribution in [0.3, 0.4) is 0 Å². The number of amides is 1. The van der Waals surface area contributed by atoms with Crippen LogP contribution < -0.4 is 10.5 Å². The predicted octanol–water partition coefficient (Wildman–Crippen LogP) is 1.33. The number of hydrogen-bond donors (Lipinski definition) is 2. The molecule has 5 nitrogen and oxygen atoms in total. The van der Waals surface area contributed by atoms with Crippen molar-refractivity contribution < 1.29 is 13.2 Å². The largest absolute Gasteiger partial charge is 0.347 e. The summed E-state index contributed by atoms with van der Waals surface area (Å²) in [6.07, 6.45) is 0. The zero-order valence-electron chi connectivity index (χ0n) is 9.87. The molecule has 1 heterocycles. The van der Waals surface area contributed by atoms with Gasteiger partial charge in [-0.1, -0.05) is 6.07 Å². The monoisotopic (exact) mass is 296 g/mol. The highest BCUT2D eigenvalue weighted by Gasteiger charge is 2.10. The van der Waals surface area contributed by atoms with Crippen LogP contribution in [0.1, 0.15) is 15.2 Å². The maximum absolute atomic E-state index is 11.8. The van der Waals surface area contributed by atoms with Crippen molar-refractivity contribution in [2.75, 3.05) is 0 Å². The molecular formula is C12H12N2O3S2. The fourth-order valence-electron chi connectivity index (χ4n) is 1.48. The van der Waals surface area contributed by atoms with E-state index in [1.54, 1.807) is 11.3 Å². The number of primary sulfonamides is 1. The molecule has 1 aromatic carbocycles. The normalized spacial score (nSPS) is 11.2. The van der Waals surface area contributed by atoms with E-state index >= 15 is 0 Å². The summed E-state index contributed by atoms with van der Waals surface area (Å²) in [5.74, 6) is -0.255. The third-order valence-electron chi connectivity index (χ3n) is 2.45. The van der Waals surface area contributed by atoms with Crippen LogP contribution in [-0.4, -0.2) is 14.3 Å². The highest BCUT2D eigenvalue weighted by Crippen LogP contribution is 2.10. The molecule has 0 fully saturated rings. The van der Waals surface area contributed by atoms with Crippen molar-refractivity contribution in [1.29, 1.82) is 0 Å². The number of sulfonamides is 1. The van der Waals surface area contributed by atoms with Gasteiger partial charge in [0.15, 0.2) is 0 Å². The average molecular weight is 296 g/mol. The maximum Gasteiger partial charge on any atom is 0.251 e. The van der Waals surface area contributed by atoms with Crippen molar-refractivity contribution in [3.05, 3.63) is 52.2 Å². The first-order chi connectivity index (χ1) is 8.97. The summed E-state index contributed by atoms with van der Waals surface area (Å²) in [5, 5.41) is 9.66. The molecule has 2 rings (SSSR count). The smallest absolute Gasteiger partial charge is 0.251 e. The zero-order chi connectivity index (χ0) is 13.9. The Morgan fingerprint density at radius 1 is 1.21 bits per heavy atom. The van der Waals surface area contributed by atoms with Crippen molar-refractivity contribution in [3.63, 3.8) is 0 Å². The van der Waals surface area contributed by atoms with Gasteiger partial charge in [-0.15, -0.1) is 11.3 Å². The summed E-state index contributed by atoms with van der Waals surface area (Å²) in [6, 6.07) is 9.33. The molecule has 2 aromatic rings. The first-order valence-corrected chi connectivity index (χ1v) is 7.83. The molecule has 1 amide bonds. The van der Waals surface area contributed by atoms with Gasteiger partial charge >= 0.3 is 0 Å². The molecule has 0 aliphatic carbocycles. The molecule has 1 aromatic heterocycles. The minimum Gasteiger partial charge on any atom is -0.347 e. The van der Waals surface area contributed by atoms with Crippen LogP contribution in [0.2, 0.25) is 0 Å². The summed E-state index contributed by atoms with van der Waals surface area (Å²) in [6.45, 7) is 0.452. The minimum atomic E-state index is -3.72. The van der Waals surface area contributed by atoms with Crippen LogP contribution in [0, 0.1) is 0 Å². The maximum atomic E-state index is 11.8. The molecule has 0 saturated carbocycles. The molecule has 0 unspecified atom stereocenters. The first kappa shape index (κ1) is 13.7. The summed E-state index contributed by atoms with van der Waals surface area (Å²) >= 11 is 1.56. The molecule has 100 valence electrons. The van der Waals surface area contributed by atoms with Gasteiger partial charge in [0.1, 0.15) is 0 Å². The van der Waals surface area contributed by atoms with Crippen molar-refractivity contribution in [3.8, 4) is 0 Å². The van der Waals surface area contributed by atoms with Crippen LogP contribution in [-0.2, 0) is 16.6 Å². The van der Waals surface area contributed by atoms with Gasteiger partial charge in [-0.25, -0.2) is 13.6 Å². The topological polar surface area (TPSA) is 89.3 Å². The van der Waals surface area contributed by atoms with Crippen LogP contribution in [0.25, 0.3) is 0 Å². The molecule has 0 bridgehead atoms. The quantitative estimate of drug-likeness (QED) is 0.892. The number of nitrogens with two attached hydrogens (primary N) is 1. The van der Waals surface area contributed by atoms with Gasteiger partial charge in [0.2, 0.25) is 10.0 Å². The standard InChI is InChI=1S/C12H12N2O3S2/c13-19(16,17)11-5-3-9(4-6-11)12(15)14-8-10-2-1-7-18-10/h1-7H,8H2,(H,14,15)(H2,13,16,17). The molecule has 7 heteroatoms. The number of rotatable bonds is 4. The van der Waals surface area contributed by atoms with E-state index in [0.717, 1.165) is 4.88 Å². The molecule has 0 aliphatic rings. The van der Waals surface area contributed by atoms with Gasteiger partial charge in [-0.05, 0) is 35.7 Å². The van der Waals surface area contributed by atoms with Gasteiger partial charge in [-0.3, -0.25) is 4.79 Å². The van der Waals surface area contributed by atoms with Crippen LogP contribution in [0.4, 0.5) is 0 Å². The van der Waals surface area contributed by atoms with Gasteiger partial charge in [0.05, 0.1) is 11.4 Å². The van der Waals surface area contributed by atoms with Crippen molar-refractivity contribution >= 4 is 27.3 Å². The second-order valence-electron chi connectivity index (χ2n) is 3.83. The molecule has 0 radical (unpaired) electrons. The molecule has 0 aliphatic heterocycles. The van der Waals surface area contributed by atoms with Gasteiger partial charge in [0.25, 0.3) is 5.91 Å². The van der Waals surface area contributed by atoms with Crippen LogP contribution in [0.5, 0.6) is 0 Å². The lowest BCUT2D eigenvalue weighted by Gasteiger charge is -2.04. The number of benzene rings is 1. The Morgan fingerprint density at radius 3 is 2.42 bits per heavy atom. The molecule has 0 spiro atoms. The summed E-state index contributed by atoms with van der Waals surface area (Å²) in [7, 11) is -3.72. The number of hydrogen-bond acceptors (Lipinski definition) is 4. The first-order valence-electron chi connectivity index (χ1n) is 5.40. The lowest BCUT2D eigenvalue weighted by molar-refractivity contribution is 0.0951. The van der Waals surface area contributed by atoms with Crippen molar-refractivity contribution in [2.24, 2.45) is 5.14 Å². The van der Waals surface area contributed by atoms with E-state index in [4.69, 9.17) is 5.14 Å². The van der Waals surface area contributed by atoms with E-state index in [0.29, 0.717) is 12.1 Å². The molecule has 3 N–H and O–H groups in total. The SMILES string of the molecule is NS(=O)(=O)c1ccc(C(=O)NCc2cccs2)cc1. The second kappa shape index (κ2) is 5.52. The fraction of sp³-hybridized carbons (Fsp3) is 0.0833. The Labute approximate surface area is 115 Å². The molecule has 19 heavy (non-hydrogen) atoms. The zero-order valence-corrected chi connectivity index (χ0v) is 11.5. The summed E-state index contributed by atoms with van der Waals surface area (Å²) in [4.78, 5) is 12.9. The van der Waals surface area contributed by atoms with E-state index in [-0.39, 0.29) is 10.8 Å². The van der Waals surface area contributed by atoms with Crippen LogP contribution >= 0.6 is 11.3 Å². The lowest BCUT2D eigenvalue weighted by Crippen LogP contribution is -2.22. The lowest BCUT2D eigenvalue weighted by atomic mass is 10.2. The van der Waals surface area contributed by atoms with E-state index in [2.05, 4.69) is 5.32 Å². The molecule has 0 atom stereocenters. The van der Waals surface area contributed by atoms with E-state index in [1.165, 1.54) is 24.3 Å². The average Bonchev–Trinajstić information content (AvgIpc) is 2.88. The van der Waals surface area contributed by atoms with Gasteiger partial charge in [0, 0.05) is 10.4 Å². The van der Waals surface area contributed by atoms with Gasteiger partial charge in [-0.2, -0.15) is 0 Å². The van der Waals surface area contributed by atoms with Crippen LogP contribution in [0.15, 0.2) is 46.7 Å². The molecular weight excluding hydrogens is 284 g/mol. The predicted molar refractivity (Wildman–Crippen MR) is 73.3 cm³/mol. The number of thiophene rings is 1. The highest BCUT2D eigenvalue weighted by molar-refractivity contribution is 7.89. The van der Waals surface area contributed by atoms with E-state index in [1.807, 2.05) is 17.5 Å². The number of carbonyl (C=O) groups excluding carboxylic acids is 1. The minimum absolute atomic E-state index is 0.0118. The van der Waals surface area contributed by atoms with Crippen molar-refractivity contribution in [1.82, 2.24) is 5.32 Å². The molecule has 0 saturated heterocycles. The third kappa shape index (κ3) is 3.63. The summed E-state index contributed by atoms with van der Waals surface area (Å²) < 4.78 is 22.1. The van der Waals surface area contributed by atoms with Crippen molar-refractivity contribution in [2.45, 2.75) is 11.4 Å². The Kier molecular flexibility index (Phi) is 3.98. The number of nitrogens with one attached hydrogen (secondary N) is 1. The fourth-order valence-corrected chi connectivity index (χ4v) is 2.64. The summed E-state index contributed by atoms with van der Waals surface area (Å²) in [5.41, 5.74) is 0.393. The van der Waals surface area contributed by atoms with Gasteiger partial charge < -0.3 is 5.32 Å². The Hall–Kier alpha value is -1.70. The Bertz CT molecular complexity index is 662. The highest BCUT2D eigenvalue weighted by atomic mass is 32.2. The Balaban J connectivity index is 2.04.